The molecule has 3 rings (SSSR count). The average Bonchev–Trinajstić information content (AvgIpc) is 3.55. The van der Waals surface area contributed by atoms with Crippen LogP contribution in [0.15, 0.2) is 54.6 Å². The van der Waals surface area contributed by atoms with Crippen LogP contribution in [0, 0.1) is 16.0 Å². The van der Waals surface area contributed by atoms with E-state index >= 15 is 0 Å². The van der Waals surface area contributed by atoms with Gasteiger partial charge in [0, 0.05) is 24.7 Å². The molecule has 1 fully saturated rings. The van der Waals surface area contributed by atoms with E-state index in [1.165, 1.54) is 18.2 Å². The molecule has 2 aromatic carbocycles. The highest BCUT2D eigenvalue weighted by Gasteiger charge is 2.33. The molecule has 0 radical (unpaired) electrons. The molecule has 146 valence electrons. The first kappa shape index (κ1) is 19.6. The van der Waals surface area contributed by atoms with Gasteiger partial charge in [0.1, 0.15) is 5.75 Å². The molecule has 1 saturated carbocycles. The highest BCUT2D eigenvalue weighted by atomic mass is 16.6. The lowest BCUT2D eigenvalue weighted by atomic mass is 10.1. The number of amides is 1. The molecular weight excluding hydrogens is 356 g/mol. The predicted octanol–water partition coefficient (Wildman–Crippen LogP) is 4.44. The highest BCUT2D eigenvalue weighted by molar-refractivity contribution is 5.92. The number of para-hydroxylation sites is 1. The summed E-state index contributed by atoms with van der Waals surface area (Å²) >= 11 is 0. The Labute approximate surface area is 164 Å². The van der Waals surface area contributed by atoms with Crippen LogP contribution in [0.3, 0.4) is 0 Å². The van der Waals surface area contributed by atoms with Crippen molar-refractivity contribution in [3.63, 3.8) is 0 Å². The Hall–Kier alpha value is -3.15. The van der Waals surface area contributed by atoms with Crippen molar-refractivity contribution >= 4 is 17.7 Å². The molecule has 0 heterocycles. The van der Waals surface area contributed by atoms with E-state index < -0.39 is 4.92 Å². The molecule has 0 aromatic heterocycles. The van der Waals surface area contributed by atoms with Gasteiger partial charge in [-0.05, 0) is 55.5 Å². The fraction of sp³-hybridized carbons (Fsp3) is 0.318. The van der Waals surface area contributed by atoms with E-state index in [2.05, 4.69) is 6.92 Å². The van der Waals surface area contributed by atoms with Gasteiger partial charge in [-0.3, -0.25) is 14.9 Å². The molecule has 28 heavy (non-hydrogen) atoms. The summed E-state index contributed by atoms with van der Waals surface area (Å²) < 4.78 is 5.19. The minimum Gasteiger partial charge on any atom is -0.497 e. The molecular formula is C22H24N2O4. The number of carbonyl (C=O) groups excluding carboxylic acids is 1. The Kier molecular flexibility index (Phi) is 6.09. The van der Waals surface area contributed by atoms with Gasteiger partial charge in [-0.1, -0.05) is 24.3 Å². The Morgan fingerprint density at radius 1 is 1.25 bits per heavy atom. The van der Waals surface area contributed by atoms with Crippen LogP contribution in [0.1, 0.15) is 30.9 Å². The minimum absolute atomic E-state index is 0.0107. The lowest BCUT2D eigenvalue weighted by molar-refractivity contribution is -0.385. The topological polar surface area (TPSA) is 72.7 Å². The first-order valence-corrected chi connectivity index (χ1v) is 9.34. The van der Waals surface area contributed by atoms with Gasteiger partial charge in [0.15, 0.2) is 0 Å². The largest absolute Gasteiger partial charge is 0.497 e. The van der Waals surface area contributed by atoms with Crippen LogP contribution in [0.4, 0.5) is 5.69 Å². The number of hydrogen-bond donors (Lipinski definition) is 0. The summed E-state index contributed by atoms with van der Waals surface area (Å²) in [5.41, 5.74) is 1.42. The Balaban J connectivity index is 1.79. The monoisotopic (exact) mass is 380 g/mol. The summed E-state index contributed by atoms with van der Waals surface area (Å²) in [5.74, 6) is 1.14. The van der Waals surface area contributed by atoms with Crippen LogP contribution in [-0.2, 0) is 11.3 Å². The van der Waals surface area contributed by atoms with Crippen molar-refractivity contribution in [2.75, 3.05) is 7.11 Å². The van der Waals surface area contributed by atoms with E-state index in [4.69, 9.17) is 4.74 Å². The zero-order valence-electron chi connectivity index (χ0n) is 16.1. The Morgan fingerprint density at radius 3 is 2.54 bits per heavy atom. The first-order valence-electron chi connectivity index (χ1n) is 9.34. The third-order valence-corrected chi connectivity index (χ3v) is 5.13. The van der Waals surface area contributed by atoms with Gasteiger partial charge < -0.3 is 9.64 Å². The quantitative estimate of drug-likeness (QED) is 0.385. The fourth-order valence-corrected chi connectivity index (χ4v) is 3.23. The van der Waals surface area contributed by atoms with Crippen LogP contribution in [0.2, 0.25) is 0 Å². The van der Waals surface area contributed by atoms with Crippen molar-refractivity contribution in [3.8, 4) is 5.75 Å². The van der Waals surface area contributed by atoms with Crippen LogP contribution >= 0.6 is 0 Å². The number of rotatable bonds is 8. The molecule has 1 unspecified atom stereocenters. The summed E-state index contributed by atoms with van der Waals surface area (Å²) in [6.07, 6.45) is 5.22. The normalized spacial score (nSPS) is 14.6. The maximum absolute atomic E-state index is 12.9. The van der Waals surface area contributed by atoms with E-state index in [-0.39, 0.29) is 17.6 Å². The maximum atomic E-state index is 12.9. The van der Waals surface area contributed by atoms with Crippen molar-refractivity contribution in [2.24, 2.45) is 5.92 Å². The molecule has 1 aliphatic rings. The molecule has 1 aliphatic carbocycles. The van der Waals surface area contributed by atoms with Gasteiger partial charge in [0.2, 0.25) is 5.91 Å². The number of hydrogen-bond acceptors (Lipinski definition) is 4. The number of benzene rings is 2. The molecule has 6 nitrogen and oxygen atoms in total. The summed E-state index contributed by atoms with van der Waals surface area (Å²) in [5, 5.41) is 11.2. The standard InChI is InChI=1S/C22H24N2O4/c1-16(18-9-10-18)23(15-17-7-12-20(28-2)13-8-17)22(25)14-11-19-5-3-4-6-21(19)24(26)27/h3-8,11-14,16,18H,9-10,15H2,1-2H3. The van der Waals surface area contributed by atoms with Gasteiger partial charge in [0.25, 0.3) is 5.69 Å². The van der Waals surface area contributed by atoms with Gasteiger partial charge in [-0.2, -0.15) is 0 Å². The Bertz CT molecular complexity index is 872. The maximum Gasteiger partial charge on any atom is 0.276 e. The van der Waals surface area contributed by atoms with E-state index in [0.717, 1.165) is 24.2 Å². The van der Waals surface area contributed by atoms with Crippen LogP contribution < -0.4 is 4.74 Å². The second-order valence-corrected chi connectivity index (χ2v) is 7.04. The van der Waals surface area contributed by atoms with Crippen molar-refractivity contribution in [1.29, 1.82) is 0 Å². The van der Waals surface area contributed by atoms with Gasteiger partial charge in [0.05, 0.1) is 17.6 Å². The second-order valence-electron chi connectivity index (χ2n) is 7.04. The number of methoxy groups -OCH3 is 1. The summed E-state index contributed by atoms with van der Waals surface area (Å²) in [6.45, 7) is 2.56. The molecule has 1 atom stereocenters. The number of carbonyl (C=O) groups is 1. The molecule has 6 heteroatoms. The Morgan fingerprint density at radius 2 is 1.93 bits per heavy atom. The second kappa shape index (κ2) is 8.69. The first-order chi connectivity index (χ1) is 13.5. The fourth-order valence-electron chi connectivity index (χ4n) is 3.23. The molecule has 0 aliphatic heterocycles. The van der Waals surface area contributed by atoms with Crippen molar-refractivity contribution in [1.82, 2.24) is 4.90 Å². The molecule has 1 amide bonds. The third-order valence-electron chi connectivity index (χ3n) is 5.13. The lowest BCUT2D eigenvalue weighted by Crippen LogP contribution is -2.38. The lowest BCUT2D eigenvalue weighted by Gasteiger charge is -2.28. The zero-order chi connectivity index (χ0) is 20.1. The highest BCUT2D eigenvalue weighted by Crippen LogP contribution is 2.36. The van der Waals surface area contributed by atoms with Crippen LogP contribution in [0.25, 0.3) is 6.08 Å². The summed E-state index contributed by atoms with van der Waals surface area (Å²) in [4.78, 5) is 25.5. The van der Waals surface area contributed by atoms with Gasteiger partial charge >= 0.3 is 0 Å². The molecule has 0 N–H and O–H groups in total. The third kappa shape index (κ3) is 4.76. The number of nitro benzene ring substituents is 1. The predicted molar refractivity (Wildman–Crippen MR) is 108 cm³/mol. The molecule has 0 saturated heterocycles. The van der Waals surface area contributed by atoms with Crippen molar-refractivity contribution in [2.45, 2.75) is 32.4 Å². The number of nitro groups is 1. The SMILES string of the molecule is COc1ccc(CN(C(=O)C=Cc2ccccc2[N+](=O)[O-])C(C)C2CC2)cc1. The molecule has 0 bridgehead atoms. The average molecular weight is 380 g/mol. The zero-order valence-corrected chi connectivity index (χ0v) is 16.1. The summed E-state index contributed by atoms with van der Waals surface area (Å²) in [7, 11) is 1.62. The van der Waals surface area contributed by atoms with Crippen LogP contribution in [0.5, 0.6) is 5.75 Å². The number of nitrogens with zero attached hydrogens (tertiary/aromatic N) is 2. The van der Waals surface area contributed by atoms with Crippen molar-refractivity contribution < 1.29 is 14.5 Å². The summed E-state index contributed by atoms with van der Waals surface area (Å²) in [6, 6.07) is 14.2. The van der Waals surface area contributed by atoms with E-state index in [9.17, 15) is 14.9 Å². The van der Waals surface area contributed by atoms with E-state index in [1.54, 1.807) is 25.3 Å². The van der Waals surface area contributed by atoms with E-state index in [0.29, 0.717) is 18.0 Å². The van der Waals surface area contributed by atoms with Gasteiger partial charge in [-0.25, -0.2) is 0 Å². The smallest absolute Gasteiger partial charge is 0.276 e. The minimum atomic E-state index is -0.438. The number of ether oxygens (including phenoxy) is 1. The van der Waals surface area contributed by atoms with Crippen LogP contribution in [-0.4, -0.2) is 28.9 Å². The van der Waals surface area contributed by atoms with Crippen molar-refractivity contribution in [3.05, 3.63) is 75.8 Å². The van der Waals surface area contributed by atoms with E-state index in [1.807, 2.05) is 29.2 Å². The van der Waals surface area contributed by atoms with Gasteiger partial charge in [-0.15, -0.1) is 0 Å². The molecule has 2 aromatic rings. The molecule has 0 spiro atoms.